The molecule has 2 aliphatic rings. The van der Waals surface area contributed by atoms with Crippen molar-refractivity contribution in [3.8, 4) is 0 Å². The smallest absolute Gasteiger partial charge is 0.267 e. The largest absolute Gasteiger partial charge is 0.392 e. The lowest BCUT2D eigenvalue weighted by Crippen LogP contribution is -2.36. The van der Waals surface area contributed by atoms with E-state index < -0.39 is 24.7 Å². The third kappa shape index (κ3) is 6.81. The van der Waals surface area contributed by atoms with E-state index in [1.807, 2.05) is 6.92 Å². The summed E-state index contributed by atoms with van der Waals surface area (Å²) in [5, 5.41) is 29.3. The van der Waals surface area contributed by atoms with Crippen LogP contribution in [0.15, 0.2) is 12.2 Å². The van der Waals surface area contributed by atoms with E-state index in [1.165, 1.54) is 0 Å². The van der Waals surface area contributed by atoms with Gasteiger partial charge in [-0.1, -0.05) is 38.3 Å². The standard InChI is InChI=1S/C22H36F2O5/c1-2-3-10-22(28,21(23)24)11-6-9-17-18-12-16(29-20(18)13-19(17)27)8-5-4-7-15(26)14-25/h6,9,16-21,25,27-28H,2-5,7-8,10-14H2,1H3/b9-6+/t16?,17-,18-,19-,20+,22?/m1/s1. The lowest BCUT2D eigenvalue weighted by molar-refractivity contribution is -0.121. The molecule has 29 heavy (non-hydrogen) atoms. The molecule has 7 heteroatoms. The Morgan fingerprint density at radius 2 is 2.03 bits per heavy atom. The lowest BCUT2D eigenvalue weighted by atomic mass is 9.87. The number of alkyl halides is 2. The van der Waals surface area contributed by atoms with Crippen molar-refractivity contribution in [2.75, 3.05) is 6.61 Å². The third-order valence-corrected chi connectivity index (χ3v) is 6.40. The second-order valence-corrected chi connectivity index (χ2v) is 8.66. The number of unbranched alkanes of at least 4 members (excludes halogenated alkanes) is 2. The summed E-state index contributed by atoms with van der Waals surface area (Å²) < 4.78 is 32.6. The van der Waals surface area contributed by atoms with Gasteiger partial charge in [-0.3, -0.25) is 4.79 Å². The van der Waals surface area contributed by atoms with Gasteiger partial charge in [0.1, 0.15) is 12.2 Å². The second kappa shape index (κ2) is 11.5. The van der Waals surface area contributed by atoms with E-state index in [0.717, 1.165) is 32.1 Å². The highest BCUT2D eigenvalue weighted by atomic mass is 19.3. The van der Waals surface area contributed by atoms with E-state index in [4.69, 9.17) is 9.84 Å². The summed E-state index contributed by atoms with van der Waals surface area (Å²) in [5.41, 5.74) is -2.00. The SMILES string of the molecule is CCCCC(O)(C/C=C/[C@@H]1[C@H]2CC(CCCCC(=O)CO)O[C@H]2C[C@H]1O)C(F)F. The average Bonchev–Trinajstić information content (AvgIpc) is 3.20. The second-order valence-electron chi connectivity index (χ2n) is 8.66. The van der Waals surface area contributed by atoms with Gasteiger partial charge in [-0.15, -0.1) is 0 Å². The third-order valence-electron chi connectivity index (χ3n) is 6.40. The molecular formula is C22H36F2O5. The molecule has 3 N–H and O–H groups in total. The molecule has 2 unspecified atom stereocenters. The highest BCUT2D eigenvalue weighted by Gasteiger charge is 2.47. The number of rotatable bonds is 13. The van der Waals surface area contributed by atoms with Gasteiger partial charge in [0.15, 0.2) is 5.78 Å². The Kier molecular flexibility index (Phi) is 9.66. The Morgan fingerprint density at radius 3 is 2.69 bits per heavy atom. The van der Waals surface area contributed by atoms with Gasteiger partial charge in [0, 0.05) is 18.8 Å². The maximum atomic E-state index is 13.3. The van der Waals surface area contributed by atoms with Crippen LogP contribution in [0.3, 0.4) is 0 Å². The van der Waals surface area contributed by atoms with Crippen LogP contribution in [0, 0.1) is 11.8 Å². The van der Waals surface area contributed by atoms with Crippen molar-refractivity contribution in [1.82, 2.24) is 0 Å². The highest BCUT2D eigenvalue weighted by molar-refractivity contribution is 5.79. The van der Waals surface area contributed by atoms with Gasteiger partial charge in [-0.2, -0.15) is 0 Å². The summed E-state index contributed by atoms with van der Waals surface area (Å²) in [6.45, 7) is 1.49. The number of aliphatic hydroxyl groups is 3. The Hall–Kier alpha value is -0.890. The fourth-order valence-corrected chi connectivity index (χ4v) is 4.62. The molecule has 0 spiro atoms. The number of aliphatic hydroxyl groups excluding tert-OH is 2. The summed E-state index contributed by atoms with van der Waals surface area (Å²) in [5.74, 6) is -0.139. The van der Waals surface area contributed by atoms with Crippen LogP contribution < -0.4 is 0 Å². The minimum atomic E-state index is -2.79. The summed E-state index contributed by atoms with van der Waals surface area (Å²) >= 11 is 0. The zero-order valence-electron chi connectivity index (χ0n) is 17.3. The molecule has 0 radical (unpaired) electrons. The minimum Gasteiger partial charge on any atom is -0.392 e. The predicted octanol–water partition coefficient (Wildman–Crippen LogP) is 3.40. The number of hydrogen-bond donors (Lipinski definition) is 3. The number of carbonyl (C=O) groups excluding carboxylic acids is 1. The quantitative estimate of drug-likeness (QED) is 0.315. The normalized spacial score (nSPS) is 31.5. The zero-order chi connectivity index (χ0) is 21.4. The molecule has 0 aromatic carbocycles. The van der Waals surface area contributed by atoms with Crippen LogP contribution in [0.5, 0.6) is 0 Å². The van der Waals surface area contributed by atoms with Crippen LogP contribution in [0.1, 0.15) is 71.1 Å². The van der Waals surface area contributed by atoms with Crippen molar-refractivity contribution in [3.63, 3.8) is 0 Å². The van der Waals surface area contributed by atoms with Gasteiger partial charge in [0.25, 0.3) is 6.43 Å². The van der Waals surface area contributed by atoms with E-state index in [0.29, 0.717) is 19.3 Å². The van der Waals surface area contributed by atoms with E-state index in [-0.39, 0.29) is 42.7 Å². The molecule has 1 aliphatic heterocycles. The number of ketones is 1. The van der Waals surface area contributed by atoms with Crippen LogP contribution in [0.4, 0.5) is 8.78 Å². The maximum absolute atomic E-state index is 13.3. The van der Waals surface area contributed by atoms with E-state index >= 15 is 0 Å². The number of ether oxygens (including phenoxy) is 1. The van der Waals surface area contributed by atoms with Crippen molar-refractivity contribution in [3.05, 3.63) is 12.2 Å². The molecule has 5 nitrogen and oxygen atoms in total. The maximum Gasteiger partial charge on any atom is 0.267 e. The van der Waals surface area contributed by atoms with Crippen LogP contribution in [-0.2, 0) is 9.53 Å². The zero-order valence-corrected chi connectivity index (χ0v) is 17.3. The van der Waals surface area contributed by atoms with Crippen LogP contribution in [0.2, 0.25) is 0 Å². The van der Waals surface area contributed by atoms with Gasteiger partial charge in [0.05, 0.1) is 18.3 Å². The van der Waals surface area contributed by atoms with Gasteiger partial charge in [-0.25, -0.2) is 8.78 Å². The highest BCUT2D eigenvalue weighted by Crippen LogP contribution is 2.45. The number of halogens is 2. The first kappa shape index (κ1) is 24.4. The molecule has 1 heterocycles. The van der Waals surface area contributed by atoms with Crippen molar-refractivity contribution in [1.29, 1.82) is 0 Å². The topological polar surface area (TPSA) is 87.0 Å². The minimum absolute atomic E-state index is 0.0298. The number of Topliss-reactive ketones (excluding diaryl/α,β-unsaturated/α-hetero) is 1. The van der Waals surface area contributed by atoms with Crippen LogP contribution in [0.25, 0.3) is 0 Å². The average molecular weight is 419 g/mol. The van der Waals surface area contributed by atoms with E-state index in [9.17, 15) is 23.8 Å². The summed E-state index contributed by atoms with van der Waals surface area (Å²) in [6, 6.07) is 0. The summed E-state index contributed by atoms with van der Waals surface area (Å²) in [4.78, 5) is 11.1. The number of fused-ring (bicyclic) bond motifs is 1. The summed E-state index contributed by atoms with van der Waals surface area (Å²) in [7, 11) is 0. The van der Waals surface area contributed by atoms with Crippen LogP contribution >= 0.6 is 0 Å². The molecule has 0 bridgehead atoms. The van der Waals surface area contributed by atoms with E-state index in [2.05, 4.69) is 0 Å². The first-order valence-electron chi connectivity index (χ1n) is 10.9. The van der Waals surface area contributed by atoms with Crippen molar-refractivity contribution < 1.29 is 33.6 Å². The molecule has 168 valence electrons. The molecule has 2 rings (SSSR count). The predicted molar refractivity (Wildman–Crippen MR) is 106 cm³/mol. The Labute approximate surface area is 172 Å². The molecular weight excluding hydrogens is 382 g/mol. The molecule has 0 aromatic heterocycles. The van der Waals surface area contributed by atoms with Gasteiger partial charge >= 0.3 is 0 Å². The first-order valence-corrected chi connectivity index (χ1v) is 10.9. The molecule has 0 aromatic rings. The van der Waals surface area contributed by atoms with Crippen molar-refractivity contribution in [2.24, 2.45) is 11.8 Å². The first-order chi connectivity index (χ1) is 13.8. The molecule has 1 aliphatic carbocycles. The molecule has 0 amide bonds. The Morgan fingerprint density at radius 1 is 1.28 bits per heavy atom. The van der Waals surface area contributed by atoms with Crippen molar-refractivity contribution >= 4 is 5.78 Å². The van der Waals surface area contributed by atoms with Crippen LogP contribution in [-0.4, -0.2) is 58.0 Å². The molecule has 6 atom stereocenters. The molecule has 1 saturated heterocycles. The Balaban J connectivity index is 1.84. The fraction of sp³-hybridized carbons (Fsp3) is 0.864. The monoisotopic (exact) mass is 418 g/mol. The summed E-state index contributed by atoms with van der Waals surface area (Å²) in [6.07, 6.45) is 5.47. The van der Waals surface area contributed by atoms with Crippen molar-refractivity contribution in [2.45, 2.75) is 101 Å². The lowest BCUT2D eigenvalue weighted by Gasteiger charge is -2.26. The van der Waals surface area contributed by atoms with Gasteiger partial charge < -0.3 is 20.1 Å². The van der Waals surface area contributed by atoms with Gasteiger partial charge in [-0.05, 0) is 38.0 Å². The fourth-order valence-electron chi connectivity index (χ4n) is 4.62. The molecule has 2 fully saturated rings. The molecule has 1 saturated carbocycles. The number of hydrogen-bond acceptors (Lipinski definition) is 5. The number of carbonyl (C=O) groups is 1. The van der Waals surface area contributed by atoms with E-state index in [1.54, 1.807) is 12.2 Å². The van der Waals surface area contributed by atoms with Gasteiger partial charge in [0.2, 0.25) is 0 Å². The Bertz CT molecular complexity index is 541.